The molecule has 0 N–H and O–H groups in total. The van der Waals surface area contributed by atoms with E-state index in [9.17, 15) is 4.79 Å². The Labute approximate surface area is 151 Å². The van der Waals surface area contributed by atoms with Gasteiger partial charge in [-0.1, -0.05) is 18.2 Å². The zero-order chi connectivity index (χ0) is 17.4. The third kappa shape index (κ3) is 3.29. The van der Waals surface area contributed by atoms with Crippen LogP contribution in [0.1, 0.15) is 57.4 Å². The first kappa shape index (κ1) is 16.9. The third-order valence-corrected chi connectivity index (χ3v) is 6.29. The molecule has 25 heavy (non-hydrogen) atoms. The number of carbonyl (C=O) groups is 1. The minimum Gasteiger partial charge on any atom is -0.493 e. The van der Waals surface area contributed by atoms with Crippen molar-refractivity contribution in [2.45, 2.75) is 70.0 Å². The van der Waals surface area contributed by atoms with Gasteiger partial charge in [0.25, 0.3) is 0 Å². The van der Waals surface area contributed by atoms with Crippen molar-refractivity contribution in [2.75, 3.05) is 19.7 Å². The molecule has 0 saturated carbocycles. The van der Waals surface area contributed by atoms with Crippen LogP contribution in [0.15, 0.2) is 24.3 Å². The van der Waals surface area contributed by atoms with Gasteiger partial charge >= 0.3 is 0 Å². The number of hydrogen-bond acceptors (Lipinski definition) is 3. The zero-order valence-electron chi connectivity index (χ0n) is 15.5. The van der Waals surface area contributed by atoms with Gasteiger partial charge in [0, 0.05) is 37.6 Å². The minimum absolute atomic E-state index is 0.305. The second-order valence-electron chi connectivity index (χ2n) is 8.13. The topological polar surface area (TPSA) is 32.8 Å². The molecule has 3 unspecified atom stereocenters. The van der Waals surface area contributed by atoms with Crippen molar-refractivity contribution < 1.29 is 9.53 Å². The highest BCUT2D eigenvalue weighted by Crippen LogP contribution is 2.37. The predicted molar refractivity (Wildman–Crippen MR) is 98.9 cm³/mol. The van der Waals surface area contributed by atoms with Crippen molar-refractivity contribution >= 4 is 5.91 Å². The van der Waals surface area contributed by atoms with E-state index in [1.165, 1.54) is 18.4 Å². The molecule has 2 bridgehead atoms. The van der Waals surface area contributed by atoms with E-state index in [1.807, 2.05) is 12.1 Å². The van der Waals surface area contributed by atoms with Gasteiger partial charge in [-0.3, -0.25) is 9.69 Å². The highest BCUT2D eigenvalue weighted by atomic mass is 16.5. The molecule has 0 aromatic heterocycles. The largest absolute Gasteiger partial charge is 0.493 e. The van der Waals surface area contributed by atoms with Crippen molar-refractivity contribution in [1.29, 1.82) is 0 Å². The number of fused-ring (bicyclic) bond motifs is 3. The van der Waals surface area contributed by atoms with Crippen LogP contribution in [0, 0.1) is 0 Å². The first-order valence-electron chi connectivity index (χ1n) is 9.90. The molecule has 4 heteroatoms. The molecule has 2 saturated heterocycles. The summed E-state index contributed by atoms with van der Waals surface area (Å²) in [6.45, 7) is 7.15. The summed E-state index contributed by atoms with van der Waals surface area (Å²) in [6.07, 6.45) is 5.25. The second-order valence-corrected chi connectivity index (χ2v) is 8.13. The standard InChI is InChI=1S/C21H30N2O2/c1-15(2)23-17-7-8-18(23)14-22(11-9-17)21(24)13-16-10-12-25-20-6-4-3-5-19(16)20/h3-6,15-18H,7-14H2,1-2H3. The molecular formula is C21H30N2O2. The Kier molecular flexibility index (Phi) is 4.72. The van der Waals surface area contributed by atoms with E-state index < -0.39 is 0 Å². The van der Waals surface area contributed by atoms with Crippen molar-refractivity contribution in [1.82, 2.24) is 9.80 Å². The molecule has 3 atom stereocenters. The first-order chi connectivity index (χ1) is 12.1. The van der Waals surface area contributed by atoms with Crippen molar-refractivity contribution in [3.8, 4) is 5.75 Å². The second kappa shape index (κ2) is 6.99. The summed E-state index contributed by atoms with van der Waals surface area (Å²) in [5, 5.41) is 0. The van der Waals surface area contributed by atoms with Crippen molar-refractivity contribution in [3.05, 3.63) is 29.8 Å². The third-order valence-electron chi connectivity index (χ3n) is 6.29. The average Bonchev–Trinajstić information content (AvgIpc) is 2.89. The molecule has 3 aliphatic rings. The number of benzene rings is 1. The van der Waals surface area contributed by atoms with E-state index >= 15 is 0 Å². The van der Waals surface area contributed by atoms with Gasteiger partial charge in [0.1, 0.15) is 5.75 Å². The molecule has 4 rings (SSSR count). The Balaban J connectivity index is 1.44. The molecule has 2 fully saturated rings. The molecule has 4 nitrogen and oxygen atoms in total. The number of carbonyl (C=O) groups excluding carboxylic acids is 1. The van der Waals surface area contributed by atoms with Crippen LogP contribution in [0.2, 0.25) is 0 Å². The normalized spacial score (nSPS) is 29.2. The predicted octanol–water partition coefficient (Wildman–Crippen LogP) is 3.42. The van der Waals surface area contributed by atoms with Gasteiger partial charge < -0.3 is 9.64 Å². The van der Waals surface area contributed by atoms with Crippen molar-refractivity contribution in [2.24, 2.45) is 0 Å². The number of para-hydroxylation sites is 1. The van der Waals surface area contributed by atoms with E-state index in [1.54, 1.807) is 0 Å². The van der Waals surface area contributed by atoms with Crippen LogP contribution in [0.25, 0.3) is 0 Å². The van der Waals surface area contributed by atoms with Crippen LogP contribution in [0.3, 0.4) is 0 Å². The highest BCUT2D eigenvalue weighted by Gasteiger charge is 2.39. The molecule has 3 aliphatic heterocycles. The molecular weight excluding hydrogens is 312 g/mol. The van der Waals surface area contributed by atoms with E-state index in [0.29, 0.717) is 36.4 Å². The lowest BCUT2D eigenvalue weighted by Crippen LogP contribution is -2.44. The molecule has 1 aromatic carbocycles. The Morgan fingerprint density at radius 3 is 2.80 bits per heavy atom. The number of likely N-dealkylation sites (tertiary alicyclic amines) is 1. The van der Waals surface area contributed by atoms with E-state index in [-0.39, 0.29) is 0 Å². The number of rotatable bonds is 3. The van der Waals surface area contributed by atoms with E-state index in [2.05, 4.69) is 35.8 Å². The van der Waals surface area contributed by atoms with E-state index in [0.717, 1.165) is 38.3 Å². The minimum atomic E-state index is 0.305. The summed E-state index contributed by atoms with van der Waals surface area (Å²) >= 11 is 0. The molecule has 1 amide bonds. The van der Waals surface area contributed by atoms with Gasteiger partial charge in [-0.25, -0.2) is 0 Å². The monoisotopic (exact) mass is 342 g/mol. The van der Waals surface area contributed by atoms with Crippen molar-refractivity contribution in [3.63, 3.8) is 0 Å². The van der Waals surface area contributed by atoms with Crippen LogP contribution in [-0.4, -0.2) is 53.5 Å². The van der Waals surface area contributed by atoms with Gasteiger partial charge in [-0.15, -0.1) is 0 Å². The Hall–Kier alpha value is -1.55. The summed E-state index contributed by atoms with van der Waals surface area (Å²) in [6, 6.07) is 10.0. The average molecular weight is 342 g/mol. The molecule has 0 aliphatic carbocycles. The van der Waals surface area contributed by atoms with Crippen LogP contribution in [0.4, 0.5) is 0 Å². The fourth-order valence-corrected chi connectivity index (χ4v) is 5.15. The summed E-state index contributed by atoms with van der Waals surface area (Å²) in [5.41, 5.74) is 1.21. The SMILES string of the molecule is CC(C)N1C2CCC1CN(C(=O)CC1CCOc3ccccc31)CC2. The molecule has 3 heterocycles. The molecule has 0 spiro atoms. The Bertz CT molecular complexity index is 630. The highest BCUT2D eigenvalue weighted by molar-refractivity contribution is 5.77. The number of nitrogens with zero attached hydrogens (tertiary/aromatic N) is 2. The molecule has 136 valence electrons. The molecule has 0 radical (unpaired) electrons. The summed E-state index contributed by atoms with van der Waals surface area (Å²) < 4.78 is 5.75. The number of hydrogen-bond donors (Lipinski definition) is 0. The lowest BCUT2D eigenvalue weighted by molar-refractivity contribution is -0.132. The van der Waals surface area contributed by atoms with Gasteiger partial charge in [0.05, 0.1) is 6.61 Å². The van der Waals surface area contributed by atoms with Crippen LogP contribution >= 0.6 is 0 Å². The maximum Gasteiger partial charge on any atom is 0.223 e. The van der Waals surface area contributed by atoms with Gasteiger partial charge in [-0.05, 0) is 57.1 Å². The van der Waals surface area contributed by atoms with Crippen LogP contribution < -0.4 is 4.74 Å². The summed E-state index contributed by atoms with van der Waals surface area (Å²) in [4.78, 5) is 17.9. The quantitative estimate of drug-likeness (QED) is 0.844. The smallest absolute Gasteiger partial charge is 0.223 e. The van der Waals surface area contributed by atoms with Gasteiger partial charge in [-0.2, -0.15) is 0 Å². The van der Waals surface area contributed by atoms with Crippen LogP contribution in [-0.2, 0) is 4.79 Å². The Morgan fingerprint density at radius 1 is 1.16 bits per heavy atom. The summed E-state index contributed by atoms with van der Waals surface area (Å²) in [7, 11) is 0. The maximum absolute atomic E-state index is 13.0. The van der Waals surface area contributed by atoms with Crippen LogP contribution in [0.5, 0.6) is 5.75 Å². The van der Waals surface area contributed by atoms with E-state index in [4.69, 9.17) is 4.74 Å². The number of ether oxygens (including phenoxy) is 1. The summed E-state index contributed by atoms with van der Waals surface area (Å²) in [5.74, 6) is 1.60. The maximum atomic E-state index is 13.0. The Morgan fingerprint density at radius 2 is 1.96 bits per heavy atom. The first-order valence-corrected chi connectivity index (χ1v) is 9.90. The molecule has 1 aromatic rings. The van der Waals surface area contributed by atoms with Gasteiger partial charge in [0.2, 0.25) is 5.91 Å². The van der Waals surface area contributed by atoms with Gasteiger partial charge in [0.15, 0.2) is 0 Å². The number of amides is 1. The fraction of sp³-hybridized carbons (Fsp3) is 0.667. The lowest BCUT2D eigenvalue weighted by atomic mass is 9.89. The zero-order valence-corrected chi connectivity index (χ0v) is 15.5. The fourth-order valence-electron chi connectivity index (χ4n) is 5.15. The lowest BCUT2D eigenvalue weighted by Gasteiger charge is -2.32.